The van der Waals surface area contributed by atoms with Gasteiger partial charge in [0, 0.05) is 10.8 Å². The van der Waals surface area contributed by atoms with E-state index in [0.717, 1.165) is 46.2 Å². The van der Waals surface area contributed by atoms with Gasteiger partial charge in [0.2, 0.25) is 11.8 Å². The number of hydrogen-bond donors (Lipinski definition) is 1. The van der Waals surface area contributed by atoms with Gasteiger partial charge in [0.25, 0.3) is 0 Å². The quantitative estimate of drug-likeness (QED) is 0.354. The Morgan fingerprint density at radius 3 is 2.50 bits per heavy atom. The zero-order valence-electron chi connectivity index (χ0n) is 19.6. The number of nitrogens with zero attached hydrogens (tertiary/aromatic N) is 1. The highest BCUT2D eigenvalue weighted by Gasteiger charge is 2.56. The van der Waals surface area contributed by atoms with Gasteiger partial charge in [-0.05, 0) is 42.8 Å². The molecule has 3 heterocycles. The number of anilines is 1. The van der Waals surface area contributed by atoms with Crippen molar-refractivity contribution in [1.82, 2.24) is 4.98 Å². The summed E-state index contributed by atoms with van der Waals surface area (Å²) in [6.07, 6.45) is -4.65. The molecule has 1 N–H and O–H groups in total. The van der Waals surface area contributed by atoms with Gasteiger partial charge in [0.05, 0.1) is 28.8 Å². The zero-order valence-corrected chi connectivity index (χ0v) is 21.2. The van der Waals surface area contributed by atoms with Gasteiger partial charge in [-0.2, -0.15) is 13.2 Å². The number of hydrogen-bond acceptors (Lipinski definition) is 8. The maximum absolute atomic E-state index is 13.7. The minimum atomic E-state index is -4.65. The van der Waals surface area contributed by atoms with Crippen LogP contribution in [0.2, 0.25) is 0 Å². The first kappa shape index (κ1) is 26.0. The molecule has 1 saturated heterocycles. The molecule has 38 heavy (non-hydrogen) atoms. The lowest BCUT2D eigenvalue weighted by Crippen LogP contribution is -2.32. The summed E-state index contributed by atoms with van der Waals surface area (Å²) >= 11 is 1.95. The number of esters is 1. The predicted octanol–water partition coefficient (Wildman–Crippen LogP) is 4.19. The Bertz CT molecular complexity index is 1470. The van der Waals surface area contributed by atoms with E-state index in [1.165, 1.54) is 6.07 Å². The number of alkyl halides is 3. The van der Waals surface area contributed by atoms with Crippen molar-refractivity contribution in [2.75, 3.05) is 18.1 Å². The van der Waals surface area contributed by atoms with Gasteiger partial charge in [0.15, 0.2) is 6.61 Å². The lowest BCUT2D eigenvalue weighted by atomic mass is 9.83. The second-order valence-corrected chi connectivity index (χ2v) is 10.6. The molecule has 0 bridgehead atoms. The molecule has 0 unspecified atom stereocenters. The van der Waals surface area contributed by atoms with Gasteiger partial charge < -0.3 is 14.5 Å². The van der Waals surface area contributed by atoms with Crippen LogP contribution in [-0.2, 0) is 25.3 Å². The summed E-state index contributed by atoms with van der Waals surface area (Å²) in [4.78, 5) is 54.6. The van der Waals surface area contributed by atoms with Gasteiger partial charge in [-0.3, -0.25) is 14.4 Å². The fourth-order valence-corrected chi connectivity index (χ4v) is 7.08. The lowest BCUT2D eigenvalue weighted by Gasteiger charge is -2.29. The summed E-state index contributed by atoms with van der Waals surface area (Å²) < 4.78 is 50.2. The summed E-state index contributed by atoms with van der Waals surface area (Å²) in [6, 6.07) is 10.6. The number of aromatic nitrogens is 1. The zero-order chi connectivity index (χ0) is 27.2. The van der Waals surface area contributed by atoms with Gasteiger partial charge in [-0.25, -0.2) is 9.69 Å². The topological polar surface area (TPSA) is 106 Å². The van der Waals surface area contributed by atoms with Crippen molar-refractivity contribution in [3.8, 4) is 5.75 Å². The van der Waals surface area contributed by atoms with Gasteiger partial charge >= 0.3 is 17.0 Å². The Labute approximate surface area is 221 Å². The van der Waals surface area contributed by atoms with Crippen LogP contribution in [0.1, 0.15) is 28.8 Å². The van der Waals surface area contributed by atoms with Crippen LogP contribution in [0.4, 0.5) is 18.9 Å². The number of rotatable bonds is 6. The highest BCUT2D eigenvalue weighted by atomic mass is 32.2. The molecule has 0 radical (unpaired) electrons. The maximum atomic E-state index is 13.7. The molecule has 2 aliphatic heterocycles. The van der Waals surface area contributed by atoms with Crippen LogP contribution >= 0.6 is 23.1 Å². The monoisotopic (exact) mass is 564 g/mol. The molecule has 2 amide bonds. The van der Waals surface area contributed by atoms with Crippen LogP contribution in [0.15, 0.2) is 58.4 Å². The molecule has 2 aliphatic rings. The number of nitrogens with one attached hydrogen (secondary N) is 1. The van der Waals surface area contributed by atoms with Crippen molar-refractivity contribution in [3.05, 3.63) is 74.2 Å². The van der Waals surface area contributed by atoms with E-state index >= 15 is 0 Å². The molecule has 2 aromatic carbocycles. The Morgan fingerprint density at radius 2 is 1.82 bits per heavy atom. The van der Waals surface area contributed by atoms with Gasteiger partial charge in [-0.15, -0.1) is 0 Å². The number of imide groups is 1. The van der Waals surface area contributed by atoms with Crippen molar-refractivity contribution in [3.63, 3.8) is 0 Å². The number of fused-ring (bicyclic) bond motifs is 2. The fourth-order valence-electron chi connectivity index (χ4n) is 4.57. The second kappa shape index (κ2) is 9.95. The molecule has 13 heteroatoms. The molecule has 0 aliphatic carbocycles. The van der Waals surface area contributed by atoms with E-state index in [1.807, 2.05) is 0 Å². The first-order valence-corrected chi connectivity index (χ1v) is 13.1. The van der Waals surface area contributed by atoms with Crippen molar-refractivity contribution >= 4 is 46.6 Å². The molecule has 3 atom stereocenters. The molecule has 3 aromatic rings. The first-order chi connectivity index (χ1) is 18.1. The number of aromatic amines is 1. The number of benzene rings is 2. The summed E-state index contributed by atoms with van der Waals surface area (Å²) in [6.45, 7) is 1.60. The number of H-pyrrole nitrogens is 1. The van der Waals surface area contributed by atoms with Crippen LogP contribution in [0.25, 0.3) is 0 Å². The largest absolute Gasteiger partial charge is 0.482 e. The van der Waals surface area contributed by atoms with Gasteiger partial charge in [-0.1, -0.05) is 41.3 Å². The lowest BCUT2D eigenvalue weighted by molar-refractivity contribution is -0.145. The summed E-state index contributed by atoms with van der Waals surface area (Å²) in [7, 11) is 0. The van der Waals surface area contributed by atoms with E-state index in [4.69, 9.17) is 9.47 Å². The Morgan fingerprint density at radius 1 is 1.08 bits per heavy atom. The molecule has 5 rings (SSSR count). The number of thioether (sulfide) groups is 1. The van der Waals surface area contributed by atoms with Crippen LogP contribution in [0.5, 0.6) is 5.75 Å². The minimum absolute atomic E-state index is 0.164. The van der Waals surface area contributed by atoms with E-state index in [1.54, 1.807) is 31.2 Å². The van der Waals surface area contributed by atoms with E-state index < -0.39 is 46.6 Å². The summed E-state index contributed by atoms with van der Waals surface area (Å²) in [5.41, 5.74) is -0.535. The van der Waals surface area contributed by atoms with Crippen LogP contribution in [-0.4, -0.2) is 41.2 Å². The van der Waals surface area contributed by atoms with Crippen LogP contribution < -0.4 is 14.5 Å². The Hall–Kier alpha value is -3.58. The predicted molar refractivity (Wildman–Crippen MR) is 132 cm³/mol. The molecule has 0 spiro atoms. The van der Waals surface area contributed by atoms with E-state index in [2.05, 4.69) is 4.98 Å². The minimum Gasteiger partial charge on any atom is -0.482 e. The van der Waals surface area contributed by atoms with Crippen LogP contribution in [0, 0.1) is 5.92 Å². The number of thiazole rings is 1. The van der Waals surface area contributed by atoms with Crippen LogP contribution in [0.3, 0.4) is 0 Å². The third-order valence-corrected chi connectivity index (χ3v) is 8.56. The number of ether oxygens (including phenoxy) is 2. The van der Waals surface area contributed by atoms with Gasteiger partial charge in [0.1, 0.15) is 11.0 Å². The molecule has 8 nitrogen and oxygen atoms in total. The number of carbonyl (C=O) groups excluding carboxylic acids is 3. The Balaban J connectivity index is 1.50. The summed E-state index contributed by atoms with van der Waals surface area (Å²) in [5, 5.41) is -0.500. The highest BCUT2D eigenvalue weighted by molar-refractivity contribution is 8.00. The van der Waals surface area contributed by atoms with E-state index in [0.29, 0.717) is 21.2 Å². The SMILES string of the molecule is CCOC(=O)COc1ccc([C@@H]2c3sc(=O)[nH]c3S[C@H]3C(=O)N(c4cccc(C(F)(F)F)c4)C(=O)[C@@H]23)cc1. The molecular formula is C25H19F3N2O6S2. The third-order valence-electron chi connectivity index (χ3n) is 6.16. The second-order valence-electron chi connectivity index (χ2n) is 8.47. The van der Waals surface area contributed by atoms with Crippen molar-refractivity contribution in [2.45, 2.75) is 29.3 Å². The van der Waals surface area contributed by atoms with E-state index in [9.17, 15) is 32.3 Å². The molecule has 0 saturated carbocycles. The van der Waals surface area contributed by atoms with Crippen molar-refractivity contribution < 1.29 is 37.0 Å². The van der Waals surface area contributed by atoms with Crippen molar-refractivity contribution in [1.29, 1.82) is 0 Å². The fraction of sp³-hybridized carbons (Fsp3) is 0.280. The van der Waals surface area contributed by atoms with E-state index in [-0.39, 0.29) is 23.8 Å². The molecule has 1 fully saturated rings. The molecule has 1 aromatic heterocycles. The molecule has 198 valence electrons. The number of carbonyl (C=O) groups is 3. The Kier molecular flexibility index (Phi) is 6.82. The average Bonchev–Trinajstić information content (AvgIpc) is 3.37. The van der Waals surface area contributed by atoms with Crippen molar-refractivity contribution in [2.24, 2.45) is 5.92 Å². The molecular weight excluding hydrogens is 545 g/mol. The average molecular weight is 565 g/mol. The number of amides is 2. The maximum Gasteiger partial charge on any atom is 0.416 e. The smallest absolute Gasteiger partial charge is 0.416 e. The third kappa shape index (κ3) is 4.71. The number of halogens is 3. The standard InChI is InChI=1S/C25H19F3N2O6S2/c1-2-35-16(31)11-36-15-8-6-12(7-9-15)17-18-20(37-21-19(17)38-24(34)29-21)23(33)30(22(18)32)14-5-3-4-13(10-14)25(26,27)28/h3-10,17-18,20H,2,11H2,1H3,(H,29,34)/t17-,18-,20+/m0/s1. The summed E-state index contributed by atoms with van der Waals surface area (Å²) in [5.74, 6) is -3.12. The normalized spacial score (nSPS) is 20.7. The highest BCUT2D eigenvalue weighted by Crippen LogP contribution is 2.53. The first-order valence-electron chi connectivity index (χ1n) is 11.4.